The summed E-state index contributed by atoms with van der Waals surface area (Å²) in [6.45, 7) is 4.34. The number of benzene rings is 2. The van der Waals surface area contributed by atoms with Crippen molar-refractivity contribution in [1.82, 2.24) is 25.0 Å². The van der Waals surface area contributed by atoms with Gasteiger partial charge in [-0.2, -0.15) is 5.10 Å². The van der Waals surface area contributed by atoms with Gasteiger partial charge in [0.05, 0.1) is 0 Å². The van der Waals surface area contributed by atoms with Crippen LogP contribution in [0.2, 0.25) is 0 Å². The molecule has 0 radical (unpaired) electrons. The van der Waals surface area contributed by atoms with Gasteiger partial charge in [0.15, 0.2) is 12.4 Å². The van der Waals surface area contributed by atoms with Crippen LogP contribution in [-0.4, -0.2) is 63.7 Å². The topological polar surface area (TPSA) is 74.3 Å². The summed E-state index contributed by atoms with van der Waals surface area (Å²) in [6.07, 6.45) is 2.38. The molecule has 3 aromatic rings. The lowest BCUT2D eigenvalue weighted by Gasteiger charge is -2.50. The number of nitrogens with one attached hydrogen (secondary N) is 1. The number of hydrogen-bond acceptors (Lipinski definition) is 5. The Hall–Kier alpha value is -3.19. The molecule has 2 aliphatic heterocycles. The number of nitrogens with zero attached hydrogens (tertiary/aromatic N) is 4. The van der Waals surface area contributed by atoms with Crippen LogP contribution >= 0.6 is 0 Å². The SMILES string of the molecule is O=C(COc1ccccc1)N1CC2(CN(Cc3ccccc3)CC2c2nc(C3CC3)n[nH]2)C1. The van der Waals surface area contributed by atoms with E-state index in [4.69, 9.17) is 9.72 Å². The van der Waals surface area contributed by atoms with E-state index in [1.54, 1.807) is 0 Å². The Morgan fingerprint density at radius 1 is 1.03 bits per heavy atom. The van der Waals surface area contributed by atoms with Crippen molar-refractivity contribution < 1.29 is 9.53 Å². The van der Waals surface area contributed by atoms with E-state index in [9.17, 15) is 4.79 Å². The number of carbonyl (C=O) groups excluding carboxylic acids is 1. The van der Waals surface area contributed by atoms with Crippen molar-refractivity contribution in [1.29, 1.82) is 0 Å². The standard InChI is InChI=1S/C26H29N5O2/c32-23(15-33-21-9-5-2-6-10-21)31-17-26(18-31)16-30(13-19-7-3-1-4-8-19)14-22(26)25-27-24(28-29-25)20-11-12-20/h1-10,20,22H,11-18H2,(H,27,28,29). The molecular weight excluding hydrogens is 414 g/mol. The fourth-order valence-electron chi connectivity index (χ4n) is 5.34. The van der Waals surface area contributed by atoms with Crippen LogP contribution in [0.15, 0.2) is 60.7 Å². The number of aromatic nitrogens is 3. The summed E-state index contributed by atoms with van der Waals surface area (Å²) in [5.41, 5.74) is 1.32. The summed E-state index contributed by atoms with van der Waals surface area (Å²) in [7, 11) is 0. The Morgan fingerprint density at radius 2 is 1.76 bits per heavy atom. The Labute approximate surface area is 193 Å². The maximum absolute atomic E-state index is 12.8. The van der Waals surface area contributed by atoms with Crippen LogP contribution in [0.25, 0.3) is 0 Å². The molecule has 6 rings (SSSR count). The van der Waals surface area contributed by atoms with E-state index < -0.39 is 0 Å². The van der Waals surface area contributed by atoms with Crippen molar-refractivity contribution in [3.05, 3.63) is 77.9 Å². The summed E-state index contributed by atoms with van der Waals surface area (Å²) in [6, 6.07) is 20.1. The predicted octanol–water partition coefficient (Wildman–Crippen LogP) is 3.19. The van der Waals surface area contributed by atoms with Gasteiger partial charge in [-0.3, -0.25) is 14.8 Å². The van der Waals surface area contributed by atoms with Gasteiger partial charge in [-0.15, -0.1) is 0 Å². The first-order valence-electron chi connectivity index (χ1n) is 11.8. The smallest absolute Gasteiger partial charge is 0.260 e. The quantitative estimate of drug-likeness (QED) is 0.607. The van der Waals surface area contributed by atoms with Gasteiger partial charge in [-0.1, -0.05) is 48.5 Å². The third kappa shape index (κ3) is 4.13. The fraction of sp³-hybridized carbons (Fsp3) is 0.423. The number of ether oxygens (including phenoxy) is 1. The van der Waals surface area contributed by atoms with Crippen molar-refractivity contribution in [2.24, 2.45) is 5.41 Å². The number of carbonyl (C=O) groups is 1. The molecular formula is C26H29N5O2. The molecule has 3 fully saturated rings. The molecule has 1 spiro atoms. The summed E-state index contributed by atoms with van der Waals surface area (Å²) in [5.74, 6) is 3.50. The highest BCUT2D eigenvalue weighted by atomic mass is 16.5. The lowest BCUT2D eigenvalue weighted by Crippen LogP contribution is -2.62. The first-order chi connectivity index (χ1) is 16.2. The Bertz CT molecular complexity index is 1110. The summed E-state index contributed by atoms with van der Waals surface area (Å²) < 4.78 is 5.69. The maximum Gasteiger partial charge on any atom is 0.260 e. The first-order valence-corrected chi connectivity index (χ1v) is 11.8. The van der Waals surface area contributed by atoms with E-state index in [1.807, 2.05) is 35.2 Å². The molecule has 1 amide bonds. The highest BCUT2D eigenvalue weighted by Crippen LogP contribution is 2.49. The molecule has 1 aliphatic carbocycles. The average Bonchev–Trinajstić information content (AvgIpc) is 3.43. The lowest BCUT2D eigenvalue weighted by molar-refractivity contribution is -0.145. The Morgan fingerprint density at radius 3 is 2.48 bits per heavy atom. The molecule has 0 bridgehead atoms. The highest BCUT2D eigenvalue weighted by molar-refractivity contribution is 5.79. The highest BCUT2D eigenvalue weighted by Gasteiger charge is 2.56. The van der Waals surface area contributed by atoms with Crippen LogP contribution in [0.3, 0.4) is 0 Å². The fourth-order valence-corrected chi connectivity index (χ4v) is 5.34. The van der Waals surface area contributed by atoms with Gasteiger partial charge in [0, 0.05) is 50.0 Å². The molecule has 1 aromatic heterocycles. The van der Waals surface area contributed by atoms with Crippen LogP contribution < -0.4 is 4.74 Å². The van der Waals surface area contributed by atoms with Gasteiger partial charge in [-0.05, 0) is 30.5 Å². The van der Waals surface area contributed by atoms with Gasteiger partial charge in [0.25, 0.3) is 5.91 Å². The Kier molecular flexibility index (Phi) is 5.14. The number of amides is 1. The third-order valence-electron chi connectivity index (χ3n) is 7.23. The lowest BCUT2D eigenvalue weighted by atomic mass is 9.71. The molecule has 2 saturated heterocycles. The van der Waals surface area contributed by atoms with Gasteiger partial charge in [-0.25, -0.2) is 4.98 Å². The molecule has 1 N–H and O–H groups in total. The monoisotopic (exact) mass is 443 g/mol. The molecule has 7 nitrogen and oxygen atoms in total. The number of hydrogen-bond donors (Lipinski definition) is 1. The van der Waals surface area contributed by atoms with Crippen LogP contribution in [-0.2, 0) is 11.3 Å². The summed E-state index contributed by atoms with van der Waals surface area (Å²) in [5, 5.41) is 7.77. The molecule has 3 heterocycles. The number of likely N-dealkylation sites (tertiary alicyclic amines) is 2. The van der Waals surface area contributed by atoms with Gasteiger partial charge in [0.1, 0.15) is 11.6 Å². The van der Waals surface area contributed by atoms with E-state index in [0.717, 1.165) is 50.1 Å². The predicted molar refractivity (Wildman–Crippen MR) is 124 cm³/mol. The van der Waals surface area contributed by atoms with E-state index >= 15 is 0 Å². The number of para-hydroxylation sites is 1. The molecule has 2 aromatic carbocycles. The van der Waals surface area contributed by atoms with Crippen molar-refractivity contribution in [3.8, 4) is 5.75 Å². The molecule has 33 heavy (non-hydrogen) atoms. The van der Waals surface area contributed by atoms with E-state index in [0.29, 0.717) is 5.92 Å². The van der Waals surface area contributed by atoms with Crippen LogP contribution in [0.5, 0.6) is 5.75 Å². The normalized spacial score (nSPS) is 21.8. The molecule has 1 saturated carbocycles. The van der Waals surface area contributed by atoms with Crippen molar-refractivity contribution in [2.45, 2.75) is 31.2 Å². The third-order valence-corrected chi connectivity index (χ3v) is 7.23. The van der Waals surface area contributed by atoms with Crippen molar-refractivity contribution >= 4 is 5.91 Å². The molecule has 3 aliphatic rings. The van der Waals surface area contributed by atoms with E-state index in [-0.39, 0.29) is 23.8 Å². The summed E-state index contributed by atoms with van der Waals surface area (Å²) >= 11 is 0. The second kappa shape index (κ2) is 8.30. The van der Waals surface area contributed by atoms with Crippen LogP contribution in [0, 0.1) is 5.41 Å². The zero-order valence-corrected chi connectivity index (χ0v) is 18.7. The zero-order chi connectivity index (χ0) is 22.3. The molecule has 1 atom stereocenters. The van der Waals surface area contributed by atoms with Gasteiger partial charge < -0.3 is 9.64 Å². The minimum Gasteiger partial charge on any atom is -0.484 e. The average molecular weight is 444 g/mol. The first kappa shape index (κ1) is 20.4. The van der Waals surface area contributed by atoms with Crippen molar-refractivity contribution in [2.75, 3.05) is 32.8 Å². The number of rotatable bonds is 7. The van der Waals surface area contributed by atoms with Crippen LogP contribution in [0.4, 0.5) is 0 Å². The molecule has 7 heteroatoms. The number of aromatic amines is 1. The van der Waals surface area contributed by atoms with Gasteiger partial charge >= 0.3 is 0 Å². The van der Waals surface area contributed by atoms with Crippen molar-refractivity contribution in [3.63, 3.8) is 0 Å². The second-order valence-corrected chi connectivity index (χ2v) is 9.77. The van der Waals surface area contributed by atoms with Gasteiger partial charge in [0.2, 0.25) is 0 Å². The largest absolute Gasteiger partial charge is 0.484 e. The minimum atomic E-state index is 0.0114. The summed E-state index contributed by atoms with van der Waals surface area (Å²) in [4.78, 5) is 22.1. The zero-order valence-electron chi connectivity index (χ0n) is 18.7. The van der Waals surface area contributed by atoms with E-state index in [1.165, 1.54) is 18.4 Å². The Balaban J connectivity index is 1.15. The number of H-pyrrole nitrogens is 1. The molecule has 1 unspecified atom stereocenters. The second-order valence-electron chi connectivity index (χ2n) is 9.77. The van der Waals surface area contributed by atoms with E-state index in [2.05, 4.69) is 45.4 Å². The minimum absolute atomic E-state index is 0.0114. The van der Waals surface area contributed by atoms with Crippen LogP contribution in [0.1, 0.15) is 41.9 Å². The maximum atomic E-state index is 12.8. The molecule has 170 valence electrons.